The van der Waals surface area contributed by atoms with Crippen LogP contribution in [0.5, 0.6) is 0 Å². The van der Waals surface area contributed by atoms with Crippen LogP contribution in [0.1, 0.15) is 33.7 Å². The Balaban J connectivity index is 2.00. The molecule has 0 saturated carbocycles. The summed E-state index contributed by atoms with van der Waals surface area (Å²) < 4.78 is 16.1. The number of piperidine rings is 1. The van der Waals surface area contributed by atoms with Gasteiger partial charge < -0.3 is 25.4 Å². The van der Waals surface area contributed by atoms with Gasteiger partial charge in [-0.2, -0.15) is 0 Å². The number of aromatic nitrogens is 1. The highest BCUT2D eigenvalue weighted by molar-refractivity contribution is 6.04. The van der Waals surface area contributed by atoms with Gasteiger partial charge in [-0.05, 0) is 25.0 Å². The van der Waals surface area contributed by atoms with Crippen LogP contribution in [0.15, 0.2) is 16.9 Å². The third-order valence-electron chi connectivity index (χ3n) is 5.84. The van der Waals surface area contributed by atoms with Crippen LogP contribution in [-0.4, -0.2) is 71.0 Å². The fraction of sp³-hybridized carbons (Fsp3) is 0.421. The lowest BCUT2D eigenvalue weighted by Gasteiger charge is -2.33. The number of rotatable bonds is 4. The quantitative estimate of drug-likeness (QED) is 0.691. The number of anilines is 1. The predicted molar refractivity (Wildman–Crippen MR) is 104 cm³/mol. The van der Waals surface area contributed by atoms with Gasteiger partial charge in [0.15, 0.2) is 5.69 Å². The zero-order valence-electron chi connectivity index (χ0n) is 15.8. The van der Waals surface area contributed by atoms with Crippen molar-refractivity contribution in [2.24, 2.45) is 0 Å². The van der Waals surface area contributed by atoms with E-state index >= 15 is 4.39 Å². The Kier molecular flexibility index (Phi) is 4.65. The smallest absolute Gasteiger partial charge is 0.355 e. The maximum Gasteiger partial charge on any atom is 0.355 e. The molecule has 3 aliphatic rings. The van der Waals surface area contributed by atoms with E-state index in [0.29, 0.717) is 6.54 Å². The molecule has 10 heteroatoms. The van der Waals surface area contributed by atoms with Crippen LogP contribution in [0.2, 0.25) is 0 Å². The highest BCUT2D eigenvalue weighted by atomic mass is 19.1. The number of benzene rings is 1. The predicted octanol–water partition coefficient (Wildman–Crippen LogP) is 0.995. The molecule has 1 aromatic carbocycles. The van der Waals surface area contributed by atoms with Crippen LogP contribution in [0.3, 0.4) is 0 Å². The average Bonchev–Trinajstić information content (AvgIpc) is 3.01. The molecule has 0 radical (unpaired) electrons. The van der Waals surface area contributed by atoms with Gasteiger partial charge in [0.25, 0.3) is 0 Å². The van der Waals surface area contributed by atoms with Crippen molar-refractivity contribution >= 4 is 28.5 Å². The minimum atomic E-state index is -1.68. The number of nitrogens with one attached hydrogen (secondary N) is 1. The summed E-state index contributed by atoms with van der Waals surface area (Å²) in [6, 6.07) is 2.61. The number of fused-ring (bicyclic) bond motifs is 5. The molecule has 3 fully saturated rings. The zero-order chi connectivity index (χ0) is 20.9. The number of halogens is 1. The summed E-state index contributed by atoms with van der Waals surface area (Å²) in [6.07, 6.45) is 1.79. The number of aromatic carboxylic acids is 2. The molecule has 29 heavy (non-hydrogen) atoms. The standard InChI is InChI=1S/C19H21FN4O5/c1-21-24-13-9-14(23-7-6-22-4-2-10(23)3-5-22)12(20)8-11(13)17(25)15(18(26)27)16(24)19(28)29/h8-10,21H,2-7H2,1H3,(H,26,27)(H,28,29). The zero-order valence-corrected chi connectivity index (χ0v) is 15.8. The van der Waals surface area contributed by atoms with Gasteiger partial charge in [0.2, 0.25) is 5.43 Å². The Labute approximate surface area is 164 Å². The van der Waals surface area contributed by atoms with Crippen molar-refractivity contribution in [1.29, 1.82) is 0 Å². The van der Waals surface area contributed by atoms with Crippen molar-refractivity contribution in [3.8, 4) is 0 Å². The van der Waals surface area contributed by atoms with Gasteiger partial charge in [0, 0.05) is 39.3 Å². The van der Waals surface area contributed by atoms with E-state index in [-0.39, 0.29) is 22.6 Å². The van der Waals surface area contributed by atoms with Crippen molar-refractivity contribution in [3.63, 3.8) is 0 Å². The fourth-order valence-electron chi connectivity index (χ4n) is 4.45. The second-order valence-corrected chi connectivity index (χ2v) is 7.31. The molecule has 3 aliphatic heterocycles. The van der Waals surface area contributed by atoms with Gasteiger partial charge in [-0.3, -0.25) is 9.47 Å². The molecule has 2 aromatic rings. The molecule has 3 saturated heterocycles. The Hall–Kier alpha value is -3.14. The maximum atomic E-state index is 15.1. The van der Waals surface area contributed by atoms with E-state index in [4.69, 9.17) is 0 Å². The maximum absolute atomic E-state index is 15.1. The third kappa shape index (κ3) is 3.00. The normalized spacial score (nSPS) is 21.2. The molecule has 3 N–H and O–H groups in total. The molecule has 154 valence electrons. The third-order valence-corrected chi connectivity index (χ3v) is 5.84. The van der Waals surface area contributed by atoms with Crippen LogP contribution < -0.4 is 15.8 Å². The molecule has 2 bridgehead atoms. The number of nitrogens with zero attached hydrogens (tertiary/aromatic N) is 3. The first kappa shape index (κ1) is 19.2. The lowest BCUT2D eigenvalue weighted by atomic mass is 10.0. The summed E-state index contributed by atoms with van der Waals surface area (Å²) in [5.74, 6) is -3.87. The molecule has 0 spiro atoms. The van der Waals surface area contributed by atoms with Crippen molar-refractivity contribution in [3.05, 3.63) is 39.4 Å². The topological polar surface area (TPSA) is 115 Å². The van der Waals surface area contributed by atoms with Crippen molar-refractivity contribution in [1.82, 2.24) is 9.58 Å². The number of carboxylic acids is 2. The monoisotopic (exact) mass is 404 g/mol. The molecule has 4 heterocycles. The van der Waals surface area contributed by atoms with E-state index in [1.54, 1.807) is 0 Å². The highest BCUT2D eigenvalue weighted by Gasteiger charge is 2.32. The molecule has 9 nitrogen and oxygen atoms in total. The van der Waals surface area contributed by atoms with Gasteiger partial charge >= 0.3 is 11.9 Å². The largest absolute Gasteiger partial charge is 0.477 e. The summed E-state index contributed by atoms with van der Waals surface area (Å²) in [4.78, 5) is 40.3. The molecule has 0 aliphatic carbocycles. The lowest BCUT2D eigenvalue weighted by molar-refractivity contribution is 0.0642. The molecular formula is C19H21FN4O5. The van der Waals surface area contributed by atoms with Crippen LogP contribution in [0.4, 0.5) is 10.1 Å². The van der Waals surface area contributed by atoms with E-state index < -0.39 is 34.4 Å². The Bertz CT molecular complexity index is 1070. The lowest BCUT2D eigenvalue weighted by Crippen LogP contribution is -2.38. The Morgan fingerprint density at radius 3 is 2.38 bits per heavy atom. The molecule has 0 amide bonds. The van der Waals surface area contributed by atoms with Gasteiger partial charge in [0.05, 0.1) is 16.6 Å². The Morgan fingerprint density at radius 1 is 1.10 bits per heavy atom. The van der Waals surface area contributed by atoms with Gasteiger partial charge in [-0.15, -0.1) is 0 Å². The number of hydrogen-bond acceptors (Lipinski definition) is 6. The van der Waals surface area contributed by atoms with Crippen LogP contribution in [0.25, 0.3) is 10.9 Å². The minimum absolute atomic E-state index is 0.121. The number of hydrogen-bond donors (Lipinski definition) is 3. The fourth-order valence-corrected chi connectivity index (χ4v) is 4.45. The van der Waals surface area contributed by atoms with Crippen molar-refractivity contribution in [2.75, 3.05) is 43.6 Å². The average molecular weight is 404 g/mol. The summed E-state index contributed by atoms with van der Waals surface area (Å²) >= 11 is 0. The second kappa shape index (κ2) is 7.03. The van der Waals surface area contributed by atoms with E-state index in [9.17, 15) is 24.6 Å². The van der Waals surface area contributed by atoms with Crippen LogP contribution in [0, 0.1) is 5.82 Å². The second-order valence-electron chi connectivity index (χ2n) is 7.31. The molecule has 0 unspecified atom stereocenters. The van der Waals surface area contributed by atoms with E-state index in [0.717, 1.165) is 43.2 Å². The van der Waals surface area contributed by atoms with E-state index in [1.165, 1.54) is 13.1 Å². The van der Waals surface area contributed by atoms with Crippen LogP contribution >= 0.6 is 0 Å². The first-order chi connectivity index (χ1) is 13.8. The molecular weight excluding hydrogens is 383 g/mol. The number of carboxylic acid groups (broad SMARTS) is 2. The molecule has 0 atom stereocenters. The number of pyridine rings is 1. The first-order valence-corrected chi connectivity index (χ1v) is 9.39. The SMILES string of the molecule is CNn1c(C(=O)O)c(C(=O)O)c(=O)c2cc(F)c(N3CCN4CCC3CC4)cc21. The molecule has 1 aromatic heterocycles. The first-order valence-electron chi connectivity index (χ1n) is 9.39. The minimum Gasteiger partial charge on any atom is -0.477 e. The summed E-state index contributed by atoms with van der Waals surface area (Å²) in [6.45, 7) is 3.31. The Morgan fingerprint density at radius 2 is 1.79 bits per heavy atom. The van der Waals surface area contributed by atoms with Gasteiger partial charge in [0.1, 0.15) is 11.4 Å². The molecule has 5 rings (SSSR count). The van der Waals surface area contributed by atoms with Crippen LogP contribution in [-0.2, 0) is 0 Å². The number of carbonyl (C=O) groups is 2. The summed E-state index contributed by atoms with van der Waals surface area (Å²) in [5.41, 5.74) is 0.400. The van der Waals surface area contributed by atoms with Crippen molar-refractivity contribution < 1.29 is 24.2 Å². The van der Waals surface area contributed by atoms with Crippen molar-refractivity contribution in [2.45, 2.75) is 18.9 Å². The van der Waals surface area contributed by atoms with E-state index in [2.05, 4.69) is 10.3 Å². The summed E-state index contributed by atoms with van der Waals surface area (Å²) in [7, 11) is 1.41. The van der Waals surface area contributed by atoms with E-state index in [1.807, 2.05) is 4.90 Å². The highest BCUT2D eigenvalue weighted by Crippen LogP contribution is 2.31. The van der Waals surface area contributed by atoms with Gasteiger partial charge in [-0.25, -0.2) is 14.0 Å². The summed E-state index contributed by atoms with van der Waals surface area (Å²) in [5, 5.41) is 18.8. The van der Waals surface area contributed by atoms with Gasteiger partial charge in [-0.1, -0.05) is 0 Å².